The van der Waals surface area contributed by atoms with Crippen LogP contribution >= 0.6 is 15.9 Å². The molecule has 2 rings (SSSR count). The topological polar surface area (TPSA) is 43.2 Å². The fourth-order valence-corrected chi connectivity index (χ4v) is 2.93. The fraction of sp³-hybridized carbons (Fsp3) is 0.571. The molecule has 1 spiro atoms. The van der Waals surface area contributed by atoms with Crippen LogP contribution < -0.4 is 0 Å². The highest BCUT2D eigenvalue weighted by molar-refractivity contribution is 9.12. The van der Waals surface area contributed by atoms with Crippen molar-refractivity contribution >= 4 is 27.7 Å². The van der Waals surface area contributed by atoms with E-state index in [9.17, 15) is 0 Å². The maximum Gasteiger partial charge on any atom is 0.217 e. The van der Waals surface area contributed by atoms with E-state index in [1.807, 2.05) is 6.08 Å². The molecule has 0 fully saturated rings. The number of halogens is 1. The molecule has 0 bridgehead atoms. The molecule has 0 N–H and O–H groups in total. The van der Waals surface area contributed by atoms with Gasteiger partial charge in [0.15, 0.2) is 5.54 Å². The molecule has 1 heterocycles. The molecule has 0 aromatic carbocycles. The molecule has 0 radical (unpaired) electrons. The van der Waals surface area contributed by atoms with Crippen LogP contribution in [0.25, 0.3) is 0 Å². The molecule has 0 saturated heterocycles. The first-order valence-electron chi connectivity index (χ1n) is 6.26. The molecular weight excluding hydrogens is 308 g/mol. The van der Waals surface area contributed by atoms with E-state index < -0.39 is 5.54 Å². The molecule has 0 aromatic heterocycles. The van der Waals surface area contributed by atoms with Crippen LogP contribution in [0.4, 0.5) is 0 Å². The van der Waals surface area contributed by atoms with Crippen LogP contribution in [0.2, 0.25) is 0 Å². The third-order valence-corrected chi connectivity index (χ3v) is 4.20. The number of hydrogen-bond acceptors (Lipinski definition) is 4. The zero-order chi connectivity index (χ0) is 14.2. The molecule has 2 atom stereocenters. The van der Waals surface area contributed by atoms with Crippen molar-refractivity contribution in [2.75, 3.05) is 14.2 Å². The largest absolute Gasteiger partial charge is 0.483 e. The van der Waals surface area contributed by atoms with Gasteiger partial charge in [0.05, 0.1) is 14.2 Å². The molecule has 5 heteroatoms. The Labute approximate surface area is 122 Å². The molecule has 0 saturated carbocycles. The van der Waals surface area contributed by atoms with Gasteiger partial charge in [-0.05, 0) is 17.6 Å². The lowest BCUT2D eigenvalue weighted by molar-refractivity contribution is 0.320. The van der Waals surface area contributed by atoms with Gasteiger partial charge >= 0.3 is 0 Å². The molecule has 0 amide bonds. The number of allylic oxidation sites excluding steroid dienone is 1. The maximum absolute atomic E-state index is 5.48. The van der Waals surface area contributed by atoms with Gasteiger partial charge in [-0.25, -0.2) is 9.98 Å². The number of rotatable bonds is 1. The van der Waals surface area contributed by atoms with Crippen molar-refractivity contribution in [2.45, 2.75) is 31.8 Å². The van der Waals surface area contributed by atoms with Gasteiger partial charge in [-0.1, -0.05) is 36.4 Å². The summed E-state index contributed by atoms with van der Waals surface area (Å²) in [5, 5.41) is 0. The lowest BCUT2D eigenvalue weighted by Crippen LogP contribution is -2.44. The van der Waals surface area contributed by atoms with Crippen LogP contribution in [0.1, 0.15) is 20.3 Å². The molecule has 1 aliphatic heterocycles. The average Bonchev–Trinajstić information content (AvgIpc) is 2.64. The Kier molecular flexibility index (Phi) is 3.85. The summed E-state index contributed by atoms with van der Waals surface area (Å²) >= 11 is 3.50. The lowest BCUT2D eigenvalue weighted by Gasteiger charge is -2.32. The maximum atomic E-state index is 5.48. The molecule has 2 aliphatic rings. The van der Waals surface area contributed by atoms with E-state index in [0.717, 1.165) is 10.1 Å². The summed E-state index contributed by atoms with van der Waals surface area (Å²) in [6, 6.07) is -0.0911. The van der Waals surface area contributed by atoms with E-state index in [4.69, 9.17) is 14.5 Å². The highest BCUT2D eigenvalue weighted by Crippen LogP contribution is 2.41. The van der Waals surface area contributed by atoms with E-state index in [1.165, 1.54) is 0 Å². The second-order valence-electron chi connectivity index (χ2n) is 5.18. The molecule has 104 valence electrons. The van der Waals surface area contributed by atoms with Crippen molar-refractivity contribution in [3.63, 3.8) is 0 Å². The van der Waals surface area contributed by atoms with Crippen molar-refractivity contribution in [3.8, 4) is 0 Å². The highest BCUT2D eigenvalue weighted by Gasteiger charge is 2.45. The number of hydrogen-bond donors (Lipinski definition) is 0. The van der Waals surface area contributed by atoms with Crippen LogP contribution in [0.5, 0.6) is 0 Å². The van der Waals surface area contributed by atoms with E-state index >= 15 is 0 Å². The zero-order valence-corrected chi connectivity index (χ0v) is 13.3. The minimum atomic E-state index is -0.596. The SMILES string of the molecule is C=C1C[C@@]2(C=C1Br)N=C(OC)[C@@H](C(C)C)N=C2OC. The zero-order valence-electron chi connectivity index (χ0n) is 11.7. The van der Waals surface area contributed by atoms with Gasteiger partial charge in [-0.15, -0.1) is 0 Å². The van der Waals surface area contributed by atoms with Crippen LogP contribution in [-0.2, 0) is 9.47 Å². The number of nitrogens with zero attached hydrogens (tertiary/aromatic N) is 2. The Morgan fingerprint density at radius 3 is 2.53 bits per heavy atom. The lowest BCUT2D eigenvalue weighted by atomic mass is 9.94. The average molecular weight is 327 g/mol. The Balaban J connectivity index is 2.49. The van der Waals surface area contributed by atoms with E-state index in [0.29, 0.717) is 24.1 Å². The Hall–Kier alpha value is -1.10. The van der Waals surface area contributed by atoms with E-state index in [2.05, 4.69) is 41.3 Å². The first-order valence-corrected chi connectivity index (χ1v) is 7.05. The van der Waals surface area contributed by atoms with Crippen LogP contribution in [0, 0.1) is 5.92 Å². The van der Waals surface area contributed by atoms with Crippen molar-refractivity contribution in [1.29, 1.82) is 0 Å². The summed E-state index contributed by atoms with van der Waals surface area (Å²) in [6.45, 7) is 8.20. The molecular formula is C14H19BrN2O2. The van der Waals surface area contributed by atoms with Gasteiger partial charge < -0.3 is 9.47 Å². The van der Waals surface area contributed by atoms with Crippen LogP contribution in [-0.4, -0.2) is 37.6 Å². The summed E-state index contributed by atoms with van der Waals surface area (Å²) in [6.07, 6.45) is 2.66. The van der Waals surface area contributed by atoms with Gasteiger partial charge in [0, 0.05) is 10.9 Å². The smallest absolute Gasteiger partial charge is 0.217 e. The normalized spacial score (nSPS) is 30.3. The first kappa shape index (κ1) is 14.3. The van der Waals surface area contributed by atoms with Gasteiger partial charge in [-0.3, -0.25) is 0 Å². The summed E-state index contributed by atoms with van der Waals surface area (Å²) in [5.41, 5.74) is 0.397. The number of ether oxygens (including phenoxy) is 2. The Morgan fingerprint density at radius 2 is 2.11 bits per heavy atom. The summed E-state index contributed by atoms with van der Waals surface area (Å²) in [7, 11) is 3.27. The third kappa shape index (κ3) is 2.36. The highest BCUT2D eigenvalue weighted by atomic mass is 79.9. The van der Waals surface area contributed by atoms with Gasteiger partial charge in [0.1, 0.15) is 6.04 Å². The molecule has 1 aliphatic carbocycles. The number of methoxy groups -OCH3 is 2. The minimum absolute atomic E-state index is 0.0911. The second-order valence-corrected chi connectivity index (χ2v) is 6.03. The number of aliphatic imine (C=N–C) groups is 2. The van der Waals surface area contributed by atoms with Crippen LogP contribution in [0.3, 0.4) is 0 Å². The summed E-state index contributed by atoms with van der Waals surface area (Å²) in [5.74, 6) is 1.59. The monoisotopic (exact) mass is 326 g/mol. The fourth-order valence-electron chi connectivity index (χ4n) is 2.42. The third-order valence-electron chi connectivity index (χ3n) is 3.41. The molecule has 19 heavy (non-hydrogen) atoms. The predicted octanol–water partition coefficient (Wildman–Crippen LogP) is 3.09. The summed E-state index contributed by atoms with van der Waals surface area (Å²) in [4.78, 5) is 9.45. The van der Waals surface area contributed by atoms with Gasteiger partial charge in [0.2, 0.25) is 11.8 Å². The minimum Gasteiger partial charge on any atom is -0.483 e. The molecule has 0 aromatic rings. The van der Waals surface area contributed by atoms with Crippen LogP contribution in [0.15, 0.2) is 32.7 Å². The first-order chi connectivity index (χ1) is 8.93. The van der Waals surface area contributed by atoms with E-state index in [1.54, 1.807) is 14.2 Å². The van der Waals surface area contributed by atoms with Crippen molar-refractivity contribution < 1.29 is 9.47 Å². The van der Waals surface area contributed by atoms with E-state index in [-0.39, 0.29) is 6.04 Å². The van der Waals surface area contributed by atoms with Crippen molar-refractivity contribution in [1.82, 2.24) is 0 Å². The van der Waals surface area contributed by atoms with Crippen molar-refractivity contribution in [2.24, 2.45) is 15.9 Å². The second kappa shape index (κ2) is 5.12. The summed E-state index contributed by atoms with van der Waals surface area (Å²) < 4.78 is 11.9. The molecule has 0 unspecified atom stereocenters. The van der Waals surface area contributed by atoms with Gasteiger partial charge in [-0.2, -0.15) is 0 Å². The predicted molar refractivity (Wildman–Crippen MR) is 81.0 cm³/mol. The van der Waals surface area contributed by atoms with Gasteiger partial charge in [0.25, 0.3) is 0 Å². The quantitative estimate of drug-likeness (QED) is 0.743. The van der Waals surface area contributed by atoms with Crippen molar-refractivity contribution in [3.05, 3.63) is 22.7 Å². The Morgan fingerprint density at radius 1 is 1.42 bits per heavy atom. The standard InChI is InChI=1S/C14H19BrN2O2/c1-8(2)11-12(18-4)17-14(13(16-11)19-5)6-9(3)10(15)7-14/h7-8,11H,3,6H2,1-2,4-5H3/t11-,14+/m1/s1. The Bertz CT molecular complexity index is 494. The molecule has 4 nitrogen and oxygen atoms in total.